The first-order chi connectivity index (χ1) is 8.56. The zero-order valence-electron chi connectivity index (χ0n) is 9.08. The van der Waals surface area contributed by atoms with Crippen LogP contribution in [-0.2, 0) is 0 Å². The van der Waals surface area contributed by atoms with Crippen LogP contribution in [0.4, 0.5) is 10.1 Å². The molecule has 0 fully saturated rings. The molecule has 0 aliphatic carbocycles. The van der Waals surface area contributed by atoms with Crippen molar-refractivity contribution in [2.24, 2.45) is 0 Å². The lowest BCUT2D eigenvalue weighted by molar-refractivity contribution is 0.102. The Morgan fingerprint density at radius 3 is 2.33 bits per heavy atom. The van der Waals surface area contributed by atoms with Gasteiger partial charge in [-0.1, -0.05) is 15.9 Å². The minimum absolute atomic E-state index is 0.241. The van der Waals surface area contributed by atoms with Crippen molar-refractivity contribution in [1.29, 1.82) is 0 Å². The fraction of sp³-hybridized carbons (Fsp3) is 0. The molecule has 0 unspecified atom stereocenters. The second-order valence-electron chi connectivity index (χ2n) is 3.59. The minimum atomic E-state index is -0.358. The molecule has 1 amide bonds. The first-order valence-electron chi connectivity index (χ1n) is 5.08. The van der Waals surface area contributed by atoms with E-state index in [0.29, 0.717) is 15.7 Å². The number of benzene rings is 2. The average molecular weight is 373 g/mol. The highest BCUT2D eigenvalue weighted by Gasteiger charge is 2.08. The molecule has 2 aromatic rings. The lowest BCUT2D eigenvalue weighted by Gasteiger charge is -2.07. The zero-order chi connectivity index (χ0) is 13.1. The van der Waals surface area contributed by atoms with E-state index in [-0.39, 0.29) is 11.7 Å². The van der Waals surface area contributed by atoms with Gasteiger partial charge >= 0.3 is 0 Å². The molecule has 0 aliphatic heterocycles. The summed E-state index contributed by atoms with van der Waals surface area (Å²) >= 11 is 6.50. The normalized spacial score (nSPS) is 10.2. The van der Waals surface area contributed by atoms with Gasteiger partial charge in [0.15, 0.2) is 0 Å². The van der Waals surface area contributed by atoms with Crippen LogP contribution in [0.2, 0.25) is 0 Å². The fourth-order valence-corrected chi connectivity index (χ4v) is 2.10. The van der Waals surface area contributed by atoms with Gasteiger partial charge in [0.1, 0.15) is 5.82 Å². The molecule has 5 heteroatoms. The van der Waals surface area contributed by atoms with E-state index in [2.05, 4.69) is 37.2 Å². The van der Waals surface area contributed by atoms with Gasteiger partial charge in [-0.15, -0.1) is 0 Å². The van der Waals surface area contributed by atoms with Crippen LogP contribution < -0.4 is 5.32 Å². The first kappa shape index (κ1) is 13.2. The maximum Gasteiger partial charge on any atom is 0.255 e. The number of halogens is 3. The second-order valence-corrected chi connectivity index (χ2v) is 5.36. The van der Waals surface area contributed by atoms with Crippen molar-refractivity contribution in [2.75, 3.05) is 5.32 Å². The Labute approximate surface area is 120 Å². The summed E-state index contributed by atoms with van der Waals surface area (Å²) in [6, 6.07) is 11.1. The van der Waals surface area contributed by atoms with E-state index < -0.39 is 0 Å². The molecule has 2 nitrogen and oxygen atoms in total. The largest absolute Gasteiger partial charge is 0.321 e. The van der Waals surface area contributed by atoms with Gasteiger partial charge in [0.25, 0.3) is 5.91 Å². The third kappa shape index (κ3) is 3.17. The Hall–Kier alpha value is -1.20. The summed E-state index contributed by atoms with van der Waals surface area (Å²) in [5.74, 6) is -0.599. The fourth-order valence-electron chi connectivity index (χ4n) is 1.39. The Bertz CT molecular complexity index is 584. The van der Waals surface area contributed by atoms with Crippen LogP contribution >= 0.6 is 31.9 Å². The van der Waals surface area contributed by atoms with E-state index in [1.807, 2.05) is 0 Å². The third-order valence-corrected chi connectivity index (χ3v) is 3.47. The molecule has 0 aromatic heterocycles. The predicted octanol–water partition coefficient (Wildman–Crippen LogP) is 4.60. The molecule has 18 heavy (non-hydrogen) atoms. The van der Waals surface area contributed by atoms with Crippen molar-refractivity contribution in [3.05, 3.63) is 62.8 Å². The molecule has 1 N–H and O–H groups in total. The maximum atomic E-state index is 12.9. The number of hydrogen-bond acceptors (Lipinski definition) is 1. The number of anilines is 1. The van der Waals surface area contributed by atoms with Crippen LogP contribution in [0.15, 0.2) is 51.4 Å². The summed E-state index contributed by atoms with van der Waals surface area (Å²) in [5.41, 5.74) is 1.07. The highest BCUT2D eigenvalue weighted by atomic mass is 79.9. The number of rotatable bonds is 2. The Morgan fingerprint density at radius 2 is 1.72 bits per heavy atom. The minimum Gasteiger partial charge on any atom is -0.321 e. The predicted molar refractivity (Wildman–Crippen MR) is 76.2 cm³/mol. The molecular weight excluding hydrogens is 365 g/mol. The summed E-state index contributed by atoms with van der Waals surface area (Å²) in [6.07, 6.45) is 0. The van der Waals surface area contributed by atoms with Crippen LogP contribution in [0, 0.1) is 5.82 Å². The van der Waals surface area contributed by atoms with Gasteiger partial charge in [0, 0.05) is 14.5 Å². The summed E-state index contributed by atoms with van der Waals surface area (Å²) in [5, 5.41) is 2.71. The van der Waals surface area contributed by atoms with Crippen LogP contribution in [0.25, 0.3) is 0 Å². The first-order valence-corrected chi connectivity index (χ1v) is 6.67. The van der Waals surface area contributed by atoms with E-state index >= 15 is 0 Å². The highest BCUT2D eigenvalue weighted by Crippen LogP contribution is 2.23. The number of hydrogen-bond donors (Lipinski definition) is 1. The molecule has 0 bridgehead atoms. The molecule has 0 aliphatic rings. The van der Waals surface area contributed by atoms with Crippen LogP contribution in [0.3, 0.4) is 0 Å². The SMILES string of the molecule is O=C(Nc1ccc(F)cc1Br)c1ccc(Br)cc1. The second kappa shape index (κ2) is 5.63. The highest BCUT2D eigenvalue weighted by molar-refractivity contribution is 9.10. The van der Waals surface area contributed by atoms with Crippen molar-refractivity contribution in [2.45, 2.75) is 0 Å². The summed E-state index contributed by atoms with van der Waals surface area (Å²) in [4.78, 5) is 11.9. The van der Waals surface area contributed by atoms with E-state index in [1.165, 1.54) is 18.2 Å². The third-order valence-electron chi connectivity index (χ3n) is 2.29. The molecule has 0 saturated carbocycles. The zero-order valence-corrected chi connectivity index (χ0v) is 12.3. The van der Waals surface area contributed by atoms with Crippen LogP contribution in [0.5, 0.6) is 0 Å². The quantitative estimate of drug-likeness (QED) is 0.819. The van der Waals surface area contributed by atoms with Crippen molar-refractivity contribution >= 4 is 43.5 Å². The van der Waals surface area contributed by atoms with Crippen molar-refractivity contribution in [3.8, 4) is 0 Å². The summed E-state index contributed by atoms with van der Waals surface area (Å²) in [7, 11) is 0. The average Bonchev–Trinajstić information content (AvgIpc) is 2.33. The topological polar surface area (TPSA) is 29.1 Å². The summed E-state index contributed by atoms with van der Waals surface area (Å²) < 4.78 is 14.3. The van der Waals surface area contributed by atoms with Gasteiger partial charge in [-0.25, -0.2) is 4.39 Å². The van der Waals surface area contributed by atoms with E-state index in [0.717, 1.165) is 4.47 Å². The van der Waals surface area contributed by atoms with E-state index in [1.54, 1.807) is 24.3 Å². The molecule has 0 spiro atoms. The van der Waals surface area contributed by atoms with Crippen LogP contribution in [-0.4, -0.2) is 5.91 Å². The summed E-state index contributed by atoms with van der Waals surface area (Å²) in [6.45, 7) is 0. The number of amides is 1. The molecule has 92 valence electrons. The number of carbonyl (C=O) groups excluding carboxylic acids is 1. The standard InChI is InChI=1S/C13H8Br2FNO/c14-9-3-1-8(2-4-9)13(18)17-12-6-5-10(16)7-11(12)15/h1-7H,(H,17,18). The Morgan fingerprint density at radius 1 is 1.06 bits per heavy atom. The molecule has 0 atom stereocenters. The van der Waals surface area contributed by atoms with Gasteiger partial charge in [-0.05, 0) is 58.4 Å². The van der Waals surface area contributed by atoms with Gasteiger partial charge in [0.05, 0.1) is 5.69 Å². The number of nitrogens with one attached hydrogen (secondary N) is 1. The molecule has 0 radical (unpaired) electrons. The lowest BCUT2D eigenvalue weighted by atomic mass is 10.2. The molecule has 0 saturated heterocycles. The van der Waals surface area contributed by atoms with Crippen LogP contribution in [0.1, 0.15) is 10.4 Å². The van der Waals surface area contributed by atoms with Crippen molar-refractivity contribution in [1.82, 2.24) is 0 Å². The molecular formula is C13H8Br2FNO. The lowest BCUT2D eigenvalue weighted by Crippen LogP contribution is -2.12. The monoisotopic (exact) mass is 371 g/mol. The Kier molecular flexibility index (Phi) is 4.14. The smallest absolute Gasteiger partial charge is 0.255 e. The van der Waals surface area contributed by atoms with Crippen molar-refractivity contribution in [3.63, 3.8) is 0 Å². The van der Waals surface area contributed by atoms with Gasteiger partial charge in [-0.2, -0.15) is 0 Å². The van der Waals surface area contributed by atoms with E-state index in [9.17, 15) is 9.18 Å². The maximum absolute atomic E-state index is 12.9. The molecule has 2 rings (SSSR count). The van der Waals surface area contributed by atoms with Gasteiger partial charge < -0.3 is 5.32 Å². The van der Waals surface area contributed by atoms with E-state index in [4.69, 9.17) is 0 Å². The number of carbonyl (C=O) groups is 1. The van der Waals surface area contributed by atoms with Gasteiger partial charge in [-0.3, -0.25) is 4.79 Å². The molecule has 0 heterocycles. The Balaban J connectivity index is 2.18. The molecule has 2 aromatic carbocycles. The van der Waals surface area contributed by atoms with Gasteiger partial charge in [0.2, 0.25) is 0 Å². The van der Waals surface area contributed by atoms with Crippen molar-refractivity contribution < 1.29 is 9.18 Å².